The molecule has 0 saturated heterocycles. The van der Waals surface area contributed by atoms with E-state index in [0.29, 0.717) is 11.3 Å². The fourth-order valence-corrected chi connectivity index (χ4v) is 6.07. The molecule has 0 saturated carbocycles. The maximum absolute atomic E-state index is 13.8. The number of aromatic nitrogens is 1. The second kappa shape index (κ2) is 12.9. The minimum absolute atomic E-state index is 0.0291. The Morgan fingerprint density at radius 1 is 0.705 bits per heavy atom. The fraction of sp³-hybridized carbons (Fsp3) is 0.0541. The van der Waals surface area contributed by atoms with Crippen LogP contribution in [0.25, 0.3) is 27.9 Å². The van der Waals surface area contributed by atoms with E-state index in [4.69, 9.17) is 0 Å². The molecule has 0 spiro atoms. The molecule has 6 rings (SSSR count). The van der Waals surface area contributed by atoms with Gasteiger partial charge in [0.2, 0.25) is 5.91 Å². The number of carbonyl (C=O) groups is 3. The summed E-state index contributed by atoms with van der Waals surface area (Å²) >= 11 is 1.42. The molecule has 0 radical (unpaired) electrons. The van der Waals surface area contributed by atoms with Crippen molar-refractivity contribution in [1.82, 2.24) is 9.88 Å². The molecule has 6 aromatic rings. The van der Waals surface area contributed by atoms with Crippen molar-refractivity contribution in [3.05, 3.63) is 150 Å². The van der Waals surface area contributed by atoms with Crippen LogP contribution in [0.15, 0.2) is 144 Å². The van der Waals surface area contributed by atoms with Crippen LogP contribution >= 0.6 is 11.8 Å². The molecule has 5 aromatic carbocycles. The molecule has 0 aliphatic carbocycles. The lowest BCUT2D eigenvalue weighted by atomic mass is 10.1. The predicted molar refractivity (Wildman–Crippen MR) is 179 cm³/mol. The Kier molecular flexibility index (Phi) is 8.39. The fourth-order valence-electron chi connectivity index (χ4n) is 5.10. The SMILES string of the molecule is CC(Sc1cccc(NC(=O)/C(=C\c2ccccc2)NC(=O)c2ccccc2)c1)C(=O)n1c2ccccc2c2ccccc21. The van der Waals surface area contributed by atoms with Crippen molar-refractivity contribution >= 4 is 63.1 Å². The maximum atomic E-state index is 13.8. The molecule has 6 nitrogen and oxygen atoms in total. The molecule has 44 heavy (non-hydrogen) atoms. The van der Waals surface area contributed by atoms with Gasteiger partial charge in [0, 0.05) is 26.9 Å². The third-order valence-corrected chi connectivity index (χ3v) is 8.27. The summed E-state index contributed by atoms with van der Waals surface area (Å²) in [6, 6.07) is 41.3. The van der Waals surface area contributed by atoms with Crippen LogP contribution in [0.3, 0.4) is 0 Å². The number of fused-ring (bicyclic) bond motifs is 3. The first-order valence-electron chi connectivity index (χ1n) is 14.2. The topological polar surface area (TPSA) is 80.2 Å². The summed E-state index contributed by atoms with van der Waals surface area (Å²) in [5.41, 5.74) is 3.62. The lowest BCUT2D eigenvalue weighted by molar-refractivity contribution is -0.113. The standard InChI is InChI=1S/C37H29N3O3S/c1-25(37(43)40-33-21-10-8-19-30(33)31-20-9-11-22-34(31)40)44-29-18-12-17-28(24-29)38-36(42)32(23-26-13-4-2-5-14-26)39-35(41)27-15-6-3-7-16-27/h2-25H,1H3,(H,38,42)(H,39,41)/b32-23+. The lowest BCUT2D eigenvalue weighted by Crippen LogP contribution is -2.30. The maximum Gasteiger partial charge on any atom is 0.272 e. The average molecular weight is 596 g/mol. The van der Waals surface area contributed by atoms with Gasteiger partial charge in [-0.25, -0.2) is 0 Å². The predicted octanol–water partition coefficient (Wildman–Crippen LogP) is 8.03. The zero-order valence-electron chi connectivity index (χ0n) is 23.9. The summed E-state index contributed by atoms with van der Waals surface area (Å²) in [5, 5.41) is 7.35. The normalized spacial score (nSPS) is 12.2. The highest BCUT2D eigenvalue weighted by molar-refractivity contribution is 8.00. The van der Waals surface area contributed by atoms with Crippen LogP contribution in [0.2, 0.25) is 0 Å². The molecule has 1 aromatic heterocycles. The molecule has 0 bridgehead atoms. The number of thioether (sulfide) groups is 1. The van der Waals surface area contributed by atoms with Crippen LogP contribution in [0.1, 0.15) is 27.6 Å². The molecule has 0 aliphatic heterocycles. The van der Waals surface area contributed by atoms with Gasteiger partial charge in [-0.05, 0) is 61.0 Å². The number of amides is 2. The number of hydrogen-bond donors (Lipinski definition) is 2. The highest BCUT2D eigenvalue weighted by atomic mass is 32.2. The molecule has 1 atom stereocenters. The van der Waals surface area contributed by atoms with Gasteiger partial charge in [-0.15, -0.1) is 11.8 Å². The van der Waals surface area contributed by atoms with Gasteiger partial charge in [-0.2, -0.15) is 0 Å². The third kappa shape index (κ3) is 6.19. The van der Waals surface area contributed by atoms with Crippen molar-refractivity contribution in [2.24, 2.45) is 0 Å². The molecule has 2 amide bonds. The third-order valence-electron chi connectivity index (χ3n) is 7.19. The summed E-state index contributed by atoms with van der Waals surface area (Å²) in [7, 11) is 0. The molecular weight excluding hydrogens is 566 g/mol. The van der Waals surface area contributed by atoms with E-state index in [1.807, 2.05) is 110 Å². The second-order valence-corrected chi connectivity index (χ2v) is 11.7. The number of benzene rings is 5. The minimum Gasteiger partial charge on any atom is -0.321 e. The zero-order valence-corrected chi connectivity index (χ0v) is 24.8. The Labute approximate surface area is 259 Å². The molecule has 0 aliphatic rings. The molecule has 7 heteroatoms. The summed E-state index contributed by atoms with van der Waals surface area (Å²) in [6.45, 7) is 1.89. The summed E-state index contributed by atoms with van der Waals surface area (Å²) < 4.78 is 1.80. The first-order chi connectivity index (χ1) is 21.5. The van der Waals surface area contributed by atoms with Gasteiger partial charge < -0.3 is 10.6 Å². The number of rotatable bonds is 8. The van der Waals surface area contributed by atoms with Crippen molar-refractivity contribution in [2.75, 3.05) is 5.32 Å². The van der Waals surface area contributed by atoms with Crippen molar-refractivity contribution in [2.45, 2.75) is 17.1 Å². The van der Waals surface area contributed by atoms with Gasteiger partial charge in [0.1, 0.15) is 5.70 Å². The van der Waals surface area contributed by atoms with Crippen molar-refractivity contribution in [3.8, 4) is 0 Å². The Balaban J connectivity index is 1.22. The second-order valence-electron chi connectivity index (χ2n) is 10.2. The number of hydrogen-bond acceptors (Lipinski definition) is 4. The average Bonchev–Trinajstić information content (AvgIpc) is 3.39. The van der Waals surface area contributed by atoms with E-state index in [2.05, 4.69) is 10.6 Å². The molecule has 0 fully saturated rings. The Hall–Kier alpha value is -5.40. The lowest BCUT2D eigenvalue weighted by Gasteiger charge is -2.15. The van der Waals surface area contributed by atoms with Crippen LogP contribution in [0.5, 0.6) is 0 Å². The Morgan fingerprint density at radius 3 is 1.95 bits per heavy atom. The van der Waals surface area contributed by atoms with Crippen molar-refractivity contribution in [3.63, 3.8) is 0 Å². The highest BCUT2D eigenvalue weighted by Crippen LogP contribution is 2.32. The molecular formula is C37H29N3O3S. The summed E-state index contributed by atoms with van der Waals surface area (Å²) in [4.78, 5) is 41.0. The van der Waals surface area contributed by atoms with Gasteiger partial charge in [0.05, 0.1) is 16.3 Å². The molecule has 2 N–H and O–H groups in total. The van der Waals surface area contributed by atoms with E-state index in [1.165, 1.54) is 11.8 Å². The zero-order chi connectivity index (χ0) is 30.5. The smallest absolute Gasteiger partial charge is 0.272 e. The molecule has 1 unspecified atom stereocenters. The van der Waals surface area contributed by atoms with Gasteiger partial charge in [0.15, 0.2) is 0 Å². The van der Waals surface area contributed by atoms with E-state index in [9.17, 15) is 14.4 Å². The monoisotopic (exact) mass is 595 g/mol. The van der Waals surface area contributed by atoms with Gasteiger partial charge >= 0.3 is 0 Å². The van der Waals surface area contributed by atoms with Crippen LogP contribution in [0, 0.1) is 0 Å². The number of anilines is 1. The largest absolute Gasteiger partial charge is 0.321 e. The van der Waals surface area contributed by atoms with E-state index in [0.717, 1.165) is 32.3 Å². The van der Waals surface area contributed by atoms with Crippen LogP contribution < -0.4 is 10.6 Å². The van der Waals surface area contributed by atoms with Crippen LogP contribution in [-0.4, -0.2) is 27.5 Å². The van der Waals surface area contributed by atoms with Gasteiger partial charge in [-0.3, -0.25) is 19.0 Å². The first kappa shape index (κ1) is 28.7. The summed E-state index contributed by atoms with van der Waals surface area (Å²) in [5.74, 6) is -0.877. The van der Waals surface area contributed by atoms with Crippen LogP contribution in [-0.2, 0) is 4.79 Å². The Bertz CT molecular complexity index is 1960. The highest BCUT2D eigenvalue weighted by Gasteiger charge is 2.22. The number of nitrogens with zero attached hydrogens (tertiary/aromatic N) is 1. The van der Waals surface area contributed by atoms with Gasteiger partial charge in [0.25, 0.3) is 11.8 Å². The van der Waals surface area contributed by atoms with E-state index >= 15 is 0 Å². The summed E-state index contributed by atoms with van der Waals surface area (Å²) in [6.07, 6.45) is 1.64. The van der Waals surface area contributed by atoms with E-state index < -0.39 is 11.2 Å². The number of nitrogens with one attached hydrogen (secondary N) is 2. The van der Waals surface area contributed by atoms with E-state index in [1.54, 1.807) is 41.0 Å². The van der Waals surface area contributed by atoms with Crippen LogP contribution in [0.4, 0.5) is 5.69 Å². The van der Waals surface area contributed by atoms with Gasteiger partial charge in [-0.1, -0.05) is 91.0 Å². The Morgan fingerprint density at radius 2 is 1.30 bits per heavy atom. The van der Waals surface area contributed by atoms with Crippen molar-refractivity contribution in [1.29, 1.82) is 0 Å². The quantitative estimate of drug-likeness (QED) is 0.138. The number of para-hydroxylation sites is 2. The number of carbonyl (C=O) groups excluding carboxylic acids is 3. The molecule has 216 valence electrons. The van der Waals surface area contributed by atoms with Crippen molar-refractivity contribution < 1.29 is 14.4 Å². The minimum atomic E-state index is -0.463. The van der Waals surface area contributed by atoms with E-state index in [-0.39, 0.29) is 17.5 Å². The molecule has 1 heterocycles. The first-order valence-corrected chi connectivity index (χ1v) is 15.1.